The molecule has 0 atom stereocenters. The Morgan fingerprint density at radius 2 is 1.69 bits per heavy atom. The second-order valence-corrected chi connectivity index (χ2v) is 8.55. The molecule has 35 heavy (non-hydrogen) atoms. The zero-order valence-corrected chi connectivity index (χ0v) is 20.7. The van der Waals surface area contributed by atoms with Gasteiger partial charge in [-0.2, -0.15) is 5.10 Å². The zero-order valence-electron chi connectivity index (χ0n) is 19.8. The lowest BCUT2D eigenvalue weighted by Crippen LogP contribution is -2.51. The van der Waals surface area contributed by atoms with E-state index in [1.165, 1.54) is 5.69 Å². The molecule has 0 spiro atoms. The summed E-state index contributed by atoms with van der Waals surface area (Å²) < 4.78 is 5.07. The molecule has 0 aliphatic carbocycles. The van der Waals surface area contributed by atoms with Crippen LogP contribution in [0.2, 0.25) is 0 Å². The van der Waals surface area contributed by atoms with Crippen LogP contribution >= 0.6 is 12.2 Å². The Balaban J connectivity index is 1.29. The summed E-state index contributed by atoms with van der Waals surface area (Å²) in [6.07, 6.45) is 2.97. The maximum Gasteiger partial charge on any atom is 0.409 e. The fourth-order valence-corrected chi connectivity index (χ4v) is 4.24. The number of hydrogen-bond acceptors (Lipinski definition) is 8. The molecule has 3 N–H and O–H groups in total. The first-order valence-electron chi connectivity index (χ1n) is 11.7. The van der Waals surface area contributed by atoms with Gasteiger partial charge in [0.1, 0.15) is 11.5 Å². The average Bonchev–Trinajstić information content (AvgIpc) is 2.92. The number of aromatic nitrogens is 2. The Morgan fingerprint density at radius 3 is 2.37 bits per heavy atom. The molecule has 1 aromatic carbocycles. The van der Waals surface area contributed by atoms with Gasteiger partial charge in [-0.05, 0) is 31.3 Å². The molecule has 2 aliphatic heterocycles. The van der Waals surface area contributed by atoms with Crippen molar-refractivity contribution in [3.05, 3.63) is 48.4 Å². The van der Waals surface area contributed by atoms with Crippen LogP contribution in [0.1, 0.15) is 12.6 Å². The maximum absolute atomic E-state index is 11.9. The highest BCUT2D eigenvalue weighted by atomic mass is 32.1. The van der Waals surface area contributed by atoms with Crippen molar-refractivity contribution in [3.63, 3.8) is 0 Å². The normalized spacial score (nSPS) is 16.8. The van der Waals surface area contributed by atoms with E-state index in [1.54, 1.807) is 24.2 Å². The number of piperazine rings is 2. The van der Waals surface area contributed by atoms with Gasteiger partial charge < -0.3 is 30.1 Å². The molecule has 3 heterocycles. The van der Waals surface area contributed by atoms with Crippen molar-refractivity contribution in [1.29, 1.82) is 0 Å². The van der Waals surface area contributed by atoms with Gasteiger partial charge in [0, 0.05) is 58.0 Å². The lowest BCUT2D eigenvalue weighted by Gasteiger charge is -2.37. The van der Waals surface area contributed by atoms with E-state index >= 15 is 0 Å². The molecule has 0 unspecified atom stereocenters. The molecule has 12 heteroatoms. The summed E-state index contributed by atoms with van der Waals surface area (Å²) in [6.45, 7) is 7.89. The molecule has 0 saturated carbocycles. The number of hydrogen-bond donors (Lipinski definition) is 2. The van der Waals surface area contributed by atoms with Crippen molar-refractivity contribution in [3.8, 4) is 0 Å². The zero-order chi connectivity index (χ0) is 24.6. The van der Waals surface area contributed by atoms with Gasteiger partial charge in [-0.15, -0.1) is 0 Å². The van der Waals surface area contributed by atoms with Crippen LogP contribution in [0.25, 0.3) is 0 Å². The number of ether oxygens (including phenoxy) is 1. The minimum absolute atomic E-state index is 0.204. The van der Waals surface area contributed by atoms with Gasteiger partial charge in [0.05, 0.1) is 19.0 Å². The maximum atomic E-state index is 11.9. The van der Waals surface area contributed by atoms with E-state index in [0.29, 0.717) is 49.4 Å². The fourth-order valence-electron chi connectivity index (χ4n) is 4.01. The van der Waals surface area contributed by atoms with E-state index in [9.17, 15) is 4.79 Å². The van der Waals surface area contributed by atoms with E-state index in [-0.39, 0.29) is 11.9 Å². The van der Waals surface area contributed by atoms with E-state index in [1.807, 2.05) is 18.2 Å². The lowest BCUT2D eigenvalue weighted by atomic mass is 10.2. The van der Waals surface area contributed by atoms with Crippen LogP contribution in [0.4, 0.5) is 16.3 Å². The molecule has 11 nitrogen and oxygen atoms in total. The Labute approximate surface area is 210 Å². The van der Waals surface area contributed by atoms with Gasteiger partial charge in [-0.3, -0.25) is 10.4 Å². The minimum Gasteiger partial charge on any atom is -0.450 e. The van der Waals surface area contributed by atoms with Crippen molar-refractivity contribution in [1.82, 2.24) is 25.2 Å². The highest BCUT2D eigenvalue weighted by Gasteiger charge is 2.23. The quantitative estimate of drug-likeness (QED) is 0.269. The number of nitrogens with two attached hydrogens (primary N) is 1. The van der Waals surface area contributed by atoms with Gasteiger partial charge in [0.15, 0.2) is 10.9 Å². The van der Waals surface area contributed by atoms with Gasteiger partial charge in [0.2, 0.25) is 0 Å². The molecule has 2 fully saturated rings. The summed E-state index contributed by atoms with van der Waals surface area (Å²) in [6, 6.07) is 10.4. The molecule has 1 aromatic heterocycles. The standard InChI is InChI=1S/C23H31N9O2S/c1-2-34-23(33)32-14-10-30(11-15-32)20-17-25-16-19(26-20)21(24)27-28-22(35)31-12-8-29(9-13-31)18-6-4-3-5-7-18/h3-7,16-17H,2,8-15H2,1H3,(H2,24,27)(H,28,35). The summed E-state index contributed by atoms with van der Waals surface area (Å²) in [7, 11) is 0. The fraction of sp³-hybridized carbons (Fsp3) is 0.435. The van der Waals surface area contributed by atoms with Gasteiger partial charge >= 0.3 is 6.09 Å². The number of carbonyl (C=O) groups is 1. The van der Waals surface area contributed by atoms with Gasteiger partial charge in [-0.25, -0.2) is 9.78 Å². The van der Waals surface area contributed by atoms with E-state index in [4.69, 9.17) is 22.7 Å². The van der Waals surface area contributed by atoms with Gasteiger partial charge in [0.25, 0.3) is 0 Å². The molecule has 1 amide bonds. The van der Waals surface area contributed by atoms with Crippen molar-refractivity contribution in [2.75, 3.05) is 68.8 Å². The number of anilines is 2. The number of carbonyl (C=O) groups excluding carboxylic acids is 1. The molecular formula is C23H31N9O2S. The van der Waals surface area contributed by atoms with E-state index < -0.39 is 0 Å². The average molecular weight is 498 g/mol. The highest BCUT2D eigenvalue weighted by Crippen LogP contribution is 2.16. The number of hydrazone groups is 1. The van der Waals surface area contributed by atoms with E-state index in [2.05, 4.69) is 47.3 Å². The third-order valence-electron chi connectivity index (χ3n) is 5.97. The number of para-hydroxylation sites is 1. The summed E-state index contributed by atoms with van der Waals surface area (Å²) in [5, 5.41) is 4.77. The summed E-state index contributed by atoms with van der Waals surface area (Å²) in [5.74, 6) is 0.888. The van der Waals surface area contributed by atoms with Crippen LogP contribution in [0.5, 0.6) is 0 Å². The second-order valence-electron chi connectivity index (χ2n) is 8.16. The Kier molecular flexibility index (Phi) is 8.14. The monoisotopic (exact) mass is 497 g/mol. The first kappa shape index (κ1) is 24.5. The van der Waals surface area contributed by atoms with Crippen LogP contribution in [0, 0.1) is 0 Å². The predicted octanol–water partition coefficient (Wildman–Crippen LogP) is 1.07. The van der Waals surface area contributed by atoms with Crippen molar-refractivity contribution >= 4 is 40.8 Å². The molecule has 2 aliphatic rings. The number of benzene rings is 1. The molecule has 2 saturated heterocycles. The minimum atomic E-state index is -0.285. The molecule has 186 valence electrons. The summed E-state index contributed by atoms with van der Waals surface area (Å²) >= 11 is 5.52. The smallest absolute Gasteiger partial charge is 0.409 e. The Bertz CT molecular complexity index is 1040. The Morgan fingerprint density at radius 1 is 1.03 bits per heavy atom. The van der Waals surface area contributed by atoms with Crippen molar-refractivity contribution < 1.29 is 9.53 Å². The predicted molar refractivity (Wildman–Crippen MR) is 140 cm³/mol. The third-order valence-corrected chi connectivity index (χ3v) is 6.32. The van der Waals surface area contributed by atoms with Crippen LogP contribution < -0.4 is 21.0 Å². The topological polar surface area (TPSA) is 115 Å². The molecule has 0 bridgehead atoms. The van der Waals surface area contributed by atoms with Crippen LogP contribution in [0.15, 0.2) is 47.8 Å². The molecular weight excluding hydrogens is 466 g/mol. The molecule has 2 aromatic rings. The first-order chi connectivity index (χ1) is 17.0. The summed E-state index contributed by atoms with van der Waals surface area (Å²) in [5.41, 5.74) is 10.7. The third kappa shape index (κ3) is 6.27. The second kappa shape index (κ2) is 11.6. The van der Waals surface area contributed by atoms with Gasteiger partial charge in [-0.1, -0.05) is 18.2 Å². The van der Waals surface area contributed by atoms with Crippen LogP contribution in [0.3, 0.4) is 0 Å². The lowest BCUT2D eigenvalue weighted by molar-refractivity contribution is 0.105. The van der Waals surface area contributed by atoms with Crippen molar-refractivity contribution in [2.45, 2.75) is 6.92 Å². The van der Waals surface area contributed by atoms with Crippen molar-refractivity contribution in [2.24, 2.45) is 10.8 Å². The Hall–Kier alpha value is -3.67. The number of thiocarbonyl (C=S) groups is 1. The number of rotatable bonds is 5. The highest BCUT2D eigenvalue weighted by molar-refractivity contribution is 7.80. The molecule has 4 rings (SSSR count). The number of amidine groups is 1. The SMILES string of the molecule is CCOC(=O)N1CCN(c2cncc(/C(N)=N\NC(=S)N3CCN(c4ccccc4)CC3)n2)CC1. The number of amides is 1. The van der Waals surface area contributed by atoms with E-state index in [0.717, 1.165) is 26.2 Å². The summed E-state index contributed by atoms with van der Waals surface area (Å²) in [4.78, 5) is 29.0. The largest absolute Gasteiger partial charge is 0.450 e. The number of nitrogens with one attached hydrogen (secondary N) is 1. The van der Waals surface area contributed by atoms with Crippen LogP contribution in [-0.4, -0.2) is 95.8 Å². The number of nitrogens with zero attached hydrogens (tertiary/aromatic N) is 7. The van der Waals surface area contributed by atoms with Crippen LogP contribution in [-0.2, 0) is 4.74 Å². The molecule has 0 radical (unpaired) electrons. The first-order valence-corrected chi connectivity index (χ1v) is 12.1.